The summed E-state index contributed by atoms with van der Waals surface area (Å²) in [6, 6.07) is 5.97. The van der Waals surface area contributed by atoms with Gasteiger partial charge >= 0.3 is 0 Å². The molecule has 110 valence electrons. The van der Waals surface area contributed by atoms with E-state index in [4.69, 9.17) is 16.3 Å². The van der Waals surface area contributed by atoms with E-state index in [2.05, 4.69) is 25.9 Å². The number of nitrogens with zero attached hydrogens (tertiary/aromatic N) is 3. The van der Waals surface area contributed by atoms with Crippen LogP contribution in [-0.4, -0.2) is 14.9 Å². The van der Waals surface area contributed by atoms with Crippen LogP contribution in [0.25, 0.3) is 0 Å². The maximum absolute atomic E-state index is 10.9. The average molecular weight is 373 g/mol. The first-order valence-electron chi connectivity index (χ1n) is 6.03. The number of halogens is 2. The molecule has 8 heteroatoms. The molecule has 0 saturated carbocycles. The summed E-state index contributed by atoms with van der Waals surface area (Å²) < 4.78 is 5.83. The fraction of sp³-hybridized carbons (Fsp3) is 0.231. The fourth-order valence-electron chi connectivity index (χ4n) is 1.56. The Kier molecular flexibility index (Phi) is 4.74. The van der Waals surface area contributed by atoms with Gasteiger partial charge in [-0.25, -0.2) is 4.98 Å². The Hall–Kier alpha value is -1.73. The van der Waals surface area contributed by atoms with Crippen LogP contribution in [0.2, 0.25) is 5.15 Å². The Bertz CT molecular complexity index is 694. The molecule has 0 fully saturated rings. The summed E-state index contributed by atoms with van der Waals surface area (Å²) in [5.74, 6) is 1.15. The summed E-state index contributed by atoms with van der Waals surface area (Å²) in [6.45, 7) is 3.86. The molecule has 1 heterocycles. The normalized spacial score (nSPS) is 10.7. The number of benzene rings is 1. The van der Waals surface area contributed by atoms with Crippen molar-refractivity contribution in [1.29, 1.82) is 0 Å². The Labute approximate surface area is 134 Å². The average Bonchev–Trinajstić information content (AvgIpc) is 2.40. The molecule has 0 unspecified atom stereocenters. The van der Waals surface area contributed by atoms with Gasteiger partial charge in [0.1, 0.15) is 15.5 Å². The highest BCUT2D eigenvalue weighted by Gasteiger charge is 2.17. The molecular weight excluding hydrogens is 362 g/mol. The maximum Gasteiger partial charge on any atom is 0.287 e. The minimum Gasteiger partial charge on any atom is -0.437 e. The predicted molar refractivity (Wildman–Crippen MR) is 82.0 cm³/mol. The van der Waals surface area contributed by atoms with Crippen LogP contribution < -0.4 is 4.74 Å². The van der Waals surface area contributed by atoms with Crippen molar-refractivity contribution < 1.29 is 9.66 Å². The summed E-state index contributed by atoms with van der Waals surface area (Å²) in [5, 5.41) is 11.2. The second kappa shape index (κ2) is 6.36. The standard InChI is InChI=1S/C13H11BrClN3O3/c1-7(2)13-16-10(15)6-11(17-13)21-9-5-3-4-8(12(9)14)18(19)20/h3-7H,1-2H3. The van der Waals surface area contributed by atoms with E-state index in [0.717, 1.165) is 0 Å². The van der Waals surface area contributed by atoms with E-state index in [9.17, 15) is 10.1 Å². The van der Waals surface area contributed by atoms with Crippen molar-refractivity contribution in [2.24, 2.45) is 0 Å². The van der Waals surface area contributed by atoms with E-state index < -0.39 is 4.92 Å². The monoisotopic (exact) mass is 371 g/mol. The smallest absolute Gasteiger partial charge is 0.287 e. The van der Waals surface area contributed by atoms with Crippen LogP contribution in [-0.2, 0) is 0 Å². The first-order valence-corrected chi connectivity index (χ1v) is 7.21. The van der Waals surface area contributed by atoms with E-state index in [1.54, 1.807) is 6.07 Å². The van der Waals surface area contributed by atoms with Crippen molar-refractivity contribution in [3.8, 4) is 11.6 Å². The van der Waals surface area contributed by atoms with Crippen LogP contribution in [0.15, 0.2) is 28.7 Å². The minimum absolute atomic E-state index is 0.0830. The number of nitro groups is 1. The van der Waals surface area contributed by atoms with Crippen LogP contribution in [0.5, 0.6) is 11.6 Å². The zero-order valence-corrected chi connectivity index (χ0v) is 13.6. The molecule has 0 bridgehead atoms. The van der Waals surface area contributed by atoms with E-state index in [1.165, 1.54) is 18.2 Å². The van der Waals surface area contributed by atoms with Gasteiger partial charge in [-0.1, -0.05) is 31.5 Å². The summed E-state index contributed by atoms with van der Waals surface area (Å²) >= 11 is 9.09. The Morgan fingerprint density at radius 3 is 2.71 bits per heavy atom. The van der Waals surface area contributed by atoms with Gasteiger partial charge in [0.15, 0.2) is 5.75 Å². The van der Waals surface area contributed by atoms with Gasteiger partial charge in [-0.2, -0.15) is 4.98 Å². The van der Waals surface area contributed by atoms with Gasteiger partial charge in [-0.05, 0) is 22.0 Å². The molecule has 21 heavy (non-hydrogen) atoms. The molecule has 0 atom stereocenters. The van der Waals surface area contributed by atoms with Crippen molar-refractivity contribution in [1.82, 2.24) is 9.97 Å². The van der Waals surface area contributed by atoms with E-state index in [0.29, 0.717) is 5.82 Å². The molecule has 0 spiro atoms. The van der Waals surface area contributed by atoms with Crippen LogP contribution in [0.1, 0.15) is 25.6 Å². The molecule has 0 aliphatic rings. The molecule has 0 aliphatic heterocycles. The van der Waals surface area contributed by atoms with E-state index >= 15 is 0 Å². The third-order valence-electron chi connectivity index (χ3n) is 2.56. The highest BCUT2D eigenvalue weighted by atomic mass is 79.9. The molecule has 0 amide bonds. The van der Waals surface area contributed by atoms with Gasteiger partial charge in [0.05, 0.1) is 4.92 Å². The van der Waals surface area contributed by atoms with Gasteiger partial charge in [0, 0.05) is 18.1 Å². The van der Waals surface area contributed by atoms with Crippen molar-refractivity contribution >= 4 is 33.2 Å². The number of hydrogen-bond acceptors (Lipinski definition) is 5. The van der Waals surface area contributed by atoms with Crippen LogP contribution >= 0.6 is 27.5 Å². The molecule has 0 N–H and O–H groups in total. The molecule has 0 radical (unpaired) electrons. The molecule has 2 aromatic rings. The summed E-state index contributed by atoms with van der Waals surface area (Å²) in [6.07, 6.45) is 0. The number of ether oxygens (including phenoxy) is 1. The lowest BCUT2D eigenvalue weighted by atomic mass is 10.2. The van der Waals surface area contributed by atoms with Crippen molar-refractivity contribution in [2.75, 3.05) is 0 Å². The number of nitro benzene ring substituents is 1. The molecule has 2 rings (SSSR count). The topological polar surface area (TPSA) is 78.2 Å². The Morgan fingerprint density at radius 1 is 1.38 bits per heavy atom. The summed E-state index contributed by atoms with van der Waals surface area (Å²) in [7, 11) is 0. The second-order valence-corrected chi connectivity index (χ2v) is 5.67. The van der Waals surface area contributed by atoms with Crippen LogP contribution in [0.3, 0.4) is 0 Å². The predicted octanol–water partition coefficient (Wildman–Crippen LogP) is 4.72. The first kappa shape index (κ1) is 15.7. The van der Waals surface area contributed by atoms with Crippen molar-refractivity contribution in [3.63, 3.8) is 0 Å². The molecule has 0 aliphatic carbocycles. The number of rotatable bonds is 4. The fourth-order valence-corrected chi connectivity index (χ4v) is 2.23. The first-order chi connectivity index (χ1) is 9.88. The number of aromatic nitrogens is 2. The highest BCUT2D eigenvalue weighted by molar-refractivity contribution is 9.10. The molecular formula is C13H11BrClN3O3. The SMILES string of the molecule is CC(C)c1nc(Cl)cc(Oc2cccc([N+](=O)[O-])c2Br)n1. The maximum atomic E-state index is 10.9. The Balaban J connectivity index is 2.39. The van der Waals surface area contributed by atoms with E-state index in [-0.39, 0.29) is 32.9 Å². The highest BCUT2D eigenvalue weighted by Crippen LogP contribution is 2.36. The minimum atomic E-state index is -0.497. The van der Waals surface area contributed by atoms with Crippen molar-refractivity contribution in [2.45, 2.75) is 19.8 Å². The lowest BCUT2D eigenvalue weighted by Crippen LogP contribution is -2.00. The van der Waals surface area contributed by atoms with Gasteiger partial charge < -0.3 is 4.74 Å². The van der Waals surface area contributed by atoms with Gasteiger partial charge in [0.2, 0.25) is 5.88 Å². The van der Waals surface area contributed by atoms with Gasteiger partial charge in [-0.3, -0.25) is 10.1 Å². The zero-order chi connectivity index (χ0) is 15.6. The summed E-state index contributed by atoms with van der Waals surface area (Å²) in [5.41, 5.74) is -0.0864. The Morgan fingerprint density at radius 2 is 2.10 bits per heavy atom. The molecule has 1 aromatic heterocycles. The largest absolute Gasteiger partial charge is 0.437 e. The lowest BCUT2D eigenvalue weighted by Gasteiger charge is -2.10. The van der Waals surface area contributed by atoms with Gasteiger partial charge in [0.25, 0.3) is 5.69 Å². The third kappa shape index (κ3) is 3.68. The van der Waals surface area contributed by atoms with Crippen LogP contribution in [0.4, 0.5) is 5.69 Å². The zero-order valence-electron chi connectivity index (χ0n) is 11.2. The van der Waals surface area contributed by atoms with E-state index in [1.807, 2.05) is 13.8 Å². The summed E-state index contributed by atoms with van der Waals surface area (Å²) in [4.78, 5) is 18.7. The lowest BCUT2D eigenvalue weighted by molar-refractivity contribution is -0.385. The van der Waals surface area contributed by atoms with Crippen LogP contribution in [0, 0.1) is 10.1 Å². The van der Waals surface area contributed by atoms with Gasteiger partial charge in [-0.15, -0.1) is 0 Å². The molecule has 6 nitrogen and oxygen atoms in total. The quantitative estimate of drug-likeness (QED) is 0.441. The van der Waals surface area contributed by atoms with Crippen molar-refractivity contribution in [3.05, 3.63) is 49.8 Å². The number of hydrogen-bond donors (Lipinski definition) is 0. The second-order valence-electron chi connectivity index (χ2n) is 4.49. The molecule has 1 aromatic carbocycles. The molecule has 0 saturated heterocycles. The third-order valence-corrected chi connectivity index (χ3v) is 3.55.